The van der Waals surface area contributed by atoms with Crippen LogP contribution in [0.2, 0.25) is 0 Å². The lowest BCUT2D eigenvalue weighted by molar-refractivity contribution is -0.129. The Kier molecular flexibility index (Phi) is 5.56. The molecule has 0 saturated carbocycles. The summed E-state index contributed by atoms with van der Waals surface area (Å²) in [6, 6.07) is 19.2. The maximum absolute atomic E-state index is 11.5. The molecule has 2 heterocycles. The monoisotopic (exact) mass is 389 g/mol. The van der Waals surface area contributed by atoms with E-state index in [9.17, 15) is 4.79 Å². The third-order valence-corrected chi connectivity index (χ3v) is 4.77. The van der Waals surface area contributed by atoms with E-state index in [0.717, 1.165) is 24.5 Å². The van der Waals surface area contributed by atoms with Gasteiger partial charge in [-0.1, -0.05) is 30.3 Å². The van der Waals surface area contributed by atoms with Crippen LogP contribution in [0.1, 0.15) is 6.92 Å². The standard InChI is InChI=1S/C22H23N5O2/c1-17(28)26-13-15-27(16-14-26)22-23-12-11-21(25-22)24-19-9-5-6-10-20(19)29-18-7-3-2-4-8-18/h2-12H,13-16H2,1H3,(H,23,24,25). The quantitative estimate of drug-likeness (QED) is 0.718. The zero-order chi connectivity index (χ0) is 20.1. The number of rotatable bonds is 5. The van der Waals surface area contributed by atoms with E-state index in [1.54, 1.807) is 13.1 Å². The molecular formula is C22H23N5O2. The second kappa shape index (κ2) is 8.60. The third-order valence-electron chi connectivity index (χ3n) is 4.77. The van der Waals surface area contributed by atoms with Gasteiger partial charge in [-0.2, -0.15) is 4.98 Å². The molecule has 0 aliphatic carbocycles. The van der Waals surface area contributed by atoms with E-state index in [1.165, 1.54) is 0 Å². The Morgan fingerprint density at radius 2 is 1.69 bits per heavy atom. The molecule has 1 aromatic heterocycles. The van der Waals surface area contributed by atoms with Crippen molar-refractivity contribution >= 4 is 23.4 Å². The summed E-state index contributed by atoms with van der Waals surface area (Å²) in [5, 5.41) is 3.33. The van der Waals surface area contributed by atoms with E-state index in [1.807, 2.05) is 65.6 Å². The minimum atomic E-state index is 0.107. The number of anilines is 3. The van der Waals surface area contributed by atoms with Gasteiger partial charge in [0, 0.05) is 39.3 Å². The summed E-state index contributed by atoms with van der Waals surface area (Å²) in [6.45, 7) is 4.41. The highest BCUT2D eigenvalue weighted by atomic mass is 16.5. The second-order valence-electron chi connectivity index (χ2n) is 6.77. The molecule has 0 unspecified atom stereocenters. The lowest BCUT2D eigenvalue weighted by Crippen LogP contribution is -2.48. The van der Waals surface area contributed by atoms with E-state index in [4.69, 9.17) is 4.74 Å². The van der Waals surface area contributed by atoms with Gasteiger partial charge < -0.3 is 19.9 Å². The van der Waals surface area contributed by atoms with E-state index in [-0.39, 0.29) is 5.91 Å². The van der Waals surface area contributed by atoms with Crippen molar-refractivity contribution in [2.24, 2.45) is 0 Å². The van der Waals surface area contributed by atoms with Gasteiger partial charge in [-0.3, -0.25) is 4.79 Å². The topological polar surface area (TPSA) is 70.6 Å². The minimum absolute atomic E-state index is 0.107. The van der Waals surface area contributed by atoms with Gasteiger partial charge >= 0.3 is 0 Å². The van der Waals surface area contributed by atoms with Crippen LogP contribution >= 0.6 is 0 Å². The Labute approximate surface area is 170 Å². The molecule has 0 spiro atoms. The van der Waals surface area contributed by atoms with Gasteiger partial charge in [0.25, 0.3) is 0 Å². The Morgan fingerprint density at radius 1 is 0.966 bits per heavy atom. The van der Waals surface area contributed by atoms with E-state index in [0.29, 0.717) is 30.6 Å². The molecule has 0 atom stereocenters. The SMILES string of the molecule is CC(=O)N1CCN(c2nccc(Nc3ccccc3Oc3ccccc3)n2)CC1. The maximum atomic E-state index is 11.5. The molecule has 7 heteroatoms. The summed E-state index contributed by atoms with van der Waals surface area (Å²) in [4.78, 5) is 24.5. The van der Waals surface area contributed by atoms with E-state index >= 15 is 0 Å². The molecule has 1 fully saturated rings. The largest absolute Gasteiger partial charge is 0.455 e. The summed E-state index contributed by atoms with van der Waals surface area (Å²) in [5.41, 5.74) is 0.822. The number of piperazine rings is 1. The molecule has 7 nitrogen and oxygen atoms in total. The molecular weight excluding hydrogens is 366 g/mol. The minimum Gasteiger partial charge on any atom is -0.455 e. The van der Waals surface area contributed by atoms with Crippen molar-refractivity contribution in [3.8, 4) is 11.5 Å². The lowest BCUT2D eigenvalue weighted by atomic mass is 10.3. The van der Waals surface area contributed by atoms with Crippen LogP contribution in [0.3, 0.4) is 0 Å². The van der Waals surface area contributed by atoms with Crippen molar-refractivity contribution in [3.05, 3.63) is 66.9 Å². The first-order valence-electron chi connectivity index (χ1n) is 9.61. The maximum Gasteiger partial charge on any atom is 0.227 e. The highest BCUT2D eigenvalue weighted by Gasteiger charge is 2.20. The average molecular weight is 389 g/mol. The number of amides is 1. The van der Waals surface area contributed by atoms with Gasteiger partial charge in [0.05, 0.1) is 5.69 Å². The molecule has 1 amide bonds. The first-order valence-corrected chi connectivity index (χ1v) is 9.61. The summed E-state index contributed by atoms with van der Waals surface area (Å²) in [5.74, 6) is 2.94. The number of carbonyl (C=O) groups excluding carboxylic acids is 1. The number of aromatic nitrogens is 2. The molecule has 2 aromatic carbocycles. The average Bonchev–Trinajstić information content (AvgIpc) is 2.76. The molecule has 4 rings (SSSR count). The highest BCUT2D eigenvalue weighted by molar-refractivity contribution is 5.73. The van der Waals surface area contributed by atoms with E-state index in [2.05, 4.69) is 20.2 Å². The predicted molar refractivity (Wildman–Crippen MR) is 113 cm³/mol. The molecule has 0 bridgehead atoms. The molecule has 1 saturated heterocycles. The summed E-state index contributed by atoms with van der Waals surface area (Å²) in [6.07, 6.45) is 1.74. The fourth-order valence-electron chi connectivity index (χ4n) is 3.20. The zero-order valence-corrected chi connectivity index (χ0v) is 16.3. The fourth-order valence-corrected chi connectivity index (χ4v) is 3.20. The summed E-state index contributed by atoms with van der Waals surface area (Å²) >= 11 is 0. The van der Waals surface area contributed by atoms with Gasteiger partial charge in [-0.25, -0.2) is 4.98 Å². The van der Waals surface area contributed by atoms with Crippen LogP contribution < -0.4 is 15.0 Å². The van der Waals surface area contributed by atoms with Gasteiger partial charge in [-0.05, 0) is 30.3 Å². The fraction of sp³-hybridized carbons (Fsp3) is 0.227. The second-order valence-corrected chi connectivity index (χ2v) is 6.77. The molecule has 1 N–H and O–H groups in total. The number of hydrogen-bond donors (Lipinski definition) is 1. The van der Waals surface area contributed by atoms with Crippen LogP contribution in [0.15, 0.2) is 66.9 Å². The van der Waals surface area contributed by atoms with Crippen molar-refractivity contribution < 1.29 is 9.53 Å². The Morgan fingerprint density at radius 3 is 2.45 bits per heavy atom. The van der Waals surface area contributed by atoms with Crippen LogP contribution in [0.5, 0.6) is 11.5 Å². The smallest absolute Gasteiger partial charge is 0.227 e. The Balaban J connectivity index is 1.48. The molecule has 0 radical (unpaired) electrons. The molecule has 148 valence electrons. The number of hydrogen-bond acceptors (Lipinski definition) is 6. The van der Waals surface area contributed by atoms with Crippen molar-refractivity contribution in [1.29, 1.82) is 0 Å². The van der Waals surface area contributed by atoms with Gasteiger partial charge in [0.1, 0.15) is 11.6 Å². The molecule has 1 aliphatic rings. The van der Waals surface area contributed by atoms with Gasteiger partial charge in [0.15, 0.2) is 5.75 Å². The third kappa shape index (κ3) is 4.63. The van der Waals surface area contributed by atoms with Crippen LogP contribution in [0.25, 0.3) is 0 Å². The Bertz CT molecular complexity index is 972. The summed E-state index contributed by atoms with van der Waals surface area (Å²) < 4.78 is 6.01. The van der Waals surface area contributed by atoms with Gasteiger partial charge in [0.2, 0.25) is 11.9 Å². The van der Waals surface area contributed by atoms with Gasteiger partial charge in [-0.15, -0.1) is 0 Å². The first kappa shape index (κ1) is 18.7. The number of ether oxygens (including phenoxy) is 1. The number of para-hydroxylation sites is 3. The zero-order valence-electron chi connectivity index (χ0n) is 16.3. The highest BCUT2D eigenvalue weighted by Crippen LogP contribution is 2.31. The predicted octanol–water partition coefficient (Wildman–Crippen LogP) is 3.68. The van der Waals surface area contributed by atoms with Crippen LogP contribution in [-0.4, -0.2) is 47.0 Å². The van der Waals surface area contributed by atoms with E-state index < -0.39 is 0 Å². The van der Waals surface area contributed by atoms with Crippen molar-refractivity contribution in [3.63, 3.8) is 0 Å². The number of nitrogens with one attached hydrogen (secondary N) is 1. The Hall–Kier alpha value is -3.61. The lowest BCUT2D eigenvalue weighted by Gasteiger charge is -2.34. The summed E-state index contributed by atoms with van der Waals surface area (Å²) in [7, 11) is 0. The van der Waals surface area contributed by atoms with Crippen LogP contribution in [0, 0.1) is 0 Å². The van der Waals surface area contributed by atoms with Crippen molar-refractivity contribution in [2.75, 3.05) is 36.4 Å². The van der Waals surface area contributed by atoms with Crippen LogP contribution in [-0.2, 0) is 4.79 Å². The van der Waals surface area contributed by atoms with Crippen LogP contribution in [0.4, 0.5) is 17.5 Å². The molecule has 1 aliphatic heterocycles. The normalized spacial score (nSPS) is 13.8. The number of nitrogens with zero attached hydrogens (tertiary/aromatic N) is 4. The van der Waals surface area contributed by atoms with Crippen molar-refractivity contribution in [2.45, 2.75) is 6.92 Å². The first-order chi connectivity index (χ1) is 14.2. The number of carbonyl (C=O) groups is 1. The molecule has 3 aromatic rings. The number of benzene rings is 2. The van der Waals surface area contributed by atoms with Crippen molar-refractivity contribution in [1.82, 2.24) is 14.9 Å². The molecule has 29 heavy (non-hydrogen) atoms.